The van der Waals surface area contributed by atoms with Gasteiger partial charge >= 0.3 is 0 Å². The lowest BCUT2D eigenvalue weighted by atomic mass is 10.1. The summed E-state index contributed by atoms with van der Waals surface area (Å²) in [5.41, 5.74) is 1.30. The minimum absolute atomic E-state index is 0.0748. The molecule has 0 aliphatic carbocycles. The van der Waals surface area contributed by atoms with Crippen molar-refractivity contribution in [2.45, 2.75) is 53.1 Å². The molecule has 1 N–H and O–H groups in total. The zero-order chi connectivity index (χ0) is 27.6. The quantitative estimate of drug-likeness (QED) is 0.373. The number of benzene rings is 2. The van der Waals surface area contributed by atoms with Crippen molar-refractivity contribution in [3.63, 3.8) is 0 Å². The van der Waals surface area contributed by atoms with E-state index in [1.165, 1.54) is 9.21 Å². The number of carbonyl (C=O) groups is 2. The van der Waals surface area contributed by atoms with E-state index in [0.717, 1.165) is 11.8 Å². The van der Waals surface area contributed by atoms with Crippen LogP contribution in [0.2, 0.25) is 5.02 Å². The van der Waals surface area contributed by atoms with Gasteiger partial charge in [-0.15, -0.1) is 0 Å². The molecule has 0 unspecified atom stereocenters. The van der Waals surface area contributed by atoms with E-state index in [1.807, 2.05) is 26.8 Å². The fraction of sp³-hybridized carbons (Fsp3) is 0.481. The molecule has 0 aliphatic heterocycles. The number of hydrogen-bond acceptors (Lipinski definition) is 5. The van der Waals surface area contributed by atoms with Gasteiger partial charge < -0.3 is 15.0 Å². The highest BCUT2D eigenvalue weighted by Gasteiger charge is 2.26. The molecule has 0 fully saturated rings. The SMILES string of the molecule is CCOc1ccc(N(CCCC(=O)N(Cc2cccc(Cl)c2)[C@H](C)C(=O)NCC(C)C)S(C)(=O)=O)cc1. The van der Waals surface area contributed by atoms with Crippen molar-refractivity contribution >= 4 is 39.1 Å². The molecule has 0 bridgehead atoms. The Morgan fingerprint density at radius 1 is 1.08 bits per heavy atom. The van der Waals surface area contributed by atoms with E-state index in [9.17, 15) is 18.0 Å². The van der Waals surface area contributed by atoms with Crippen molar-refractivity contribution in [1.29, 1.82) is 0 Å². The molecule has 2 aromatic rings. The molecule has 8 nitrogen and oxygen atoms in total. The third kappa shape index (κ3) is 9.89. The van der Waals surface area contributed by atoms with Crippen LogP contribution < -0.4 is 14.4 Å². The second-order valence-electron chi connectivity index (χ2n) is 9.33. The number of nitrogens with zero attached hydrogens (tertiary/aromatic N) is 2. The molecule has 0 saturated heterocycles. The van der Waals surface area contributed by atoms with Gasteiger partial charge in [0.25, 0.3) is 0 Å². The average molecular weight is 552 g/mol. The van der Waals surface area contributed by atoms with Gasteiger partial charge in [0.15, 0.2) is 0 Å². The zero-order valence-corrected chi connectivity index (χ0v) is 23.8. The normalized spacial score (nSPS) is 12.2. The molecule has 1 atom stereocenters. The number of rotatable bonds is 14. The smallest absolute Gasteiger partial charge is 0.242 e. The van der Waals surface area contributed by atoms with Gasteiger partial charge in [-0.05, 0) is 68.1 Å². The predicted octanol–water partition coefficient (Wildman–Crippen LogP) is 4.47. The second kappa shape index (κ2) is 14.2. The summed E-state index contributed by atoms with van der Waals surface area (Å²) in [7, 11) is -3.57. The first-order valence-corrected chi connectivity index (χ1v) is 14.7. The third-order valence-corrected chi connectivity index (χ3v) is 7.11. The van der Waals surface area contributed by atoms with Gasteiger partial charge in [-0.1, -0.05) is 37.6 Å². The predicted molar refractivity (Wildman–Crippen MR) is 148 cm³/mol. The lowest BCUT2D eigenvalue weighted by Crippen LogP contribution is -2.48. The Kier molecular flexibility index (Phi) is 11.7. The van der Waals surface area contributed by atoms with Gasteiger partial charge in [-0.2, -0.15) is 0 Å². The van der Waals surface area contributed by atoms with E-state index in [1.54, 1.807) is 49.4 Å². The van der Waals surface area contributed by atoms with E-state index in [-0.39, 0.29) is 43.7 Å². The van der Waals surface area contributed by atoms with Crippen LogP contribution in [-0.2, 0) is 26.2 Å². The number of carbonyl (C=O) groups excluding carboxylic acids is 2. The van der Waals surface area contributed by atoms with Crippen LogP contribution in [0.4, 0.5) is 5.69 Å². The fourth-order valence-electron chi connectivity index (χ4n) is 3.75. The Labute approximate surface area is 226 Å². The van der Waals surface area contributed by atoms with E-state index in [0.29, 0.717) is 29.6 Å². The maximum absolute atomic E-state index is 13.3. The molecule has 204 valence electrons. The van der Waals surface area contributed by atoms with Crippen molar-refractivity contribution in [1.82, 2.24) is 10.2 Å². The summed E-state index contributed by atoms with van der Waals surface area (Å²) in [6.07, 6.45) is 1.49. The van der Waals surface area contributed by atoms with Crippen LogP contribution in [-0.4, -0.2) is 57.1 Å². The Balaban J connectivity index is 2.15. The zero-order valence-electron chi connectivity index (χ0n) is 22.2. The van der Waals surface area contributed by atoms with Crippen LogP contribution in [0.5, 0.6) is 5.75 Å². The van der Waals surface area contributed by atoms with Crippen LogP contribution in [0.25, 0.3) is 0 Å². The lowest BCUT2D eigenvalue weighted by molar-refractivity contribution is -0.140. The Morgan fingerprint density at radius 2 is 1.76 bits per heavy atom. The number of anilines is 1. The first kappa shape index (κ1) is 30.4. The molecular formula is C27H38ClN3O5S. The highest BCUT2D eigenvalue weighted by Crippen LogP contribution is 2.23. The summed E-state index contributed by atoms with van der Waals surface area (Å²) in [6.45, 7) is 8.92. The summed E-state index contributed by atoms with van der Waals surface area (Å²) in [4.78, 5) is 27.6. The minimum Gasteiger partial charge on any atom is -0.494 e. The molecular weight excluding hydrogens is 514 g/mol. The van der Waals surface area contributed by atoms with Crippen LogP contribution in [0, 0.1) is 5.92 Å². The molecule has 0 spiro atoms. The Bertz CT molecular complexity index is 1140. The molecule has 0 saturated carbocycles. The van der Waals surface area contributed by atoms with Gasteiger partial charge in [0.05, 0.1) is 18.6 Å². The van der Waals surface area contributed by atoms with Crippen LogP contribution >= 0.6 is 11.6 Å². The highest BCUT2D eigenvalue weighted by molar-refractivity contribution is 7.92. The first-order valence-electron chi connectivity index (χ1n) is 12.4. The topological polar surface area (TPSA) is 96.0 Å². The standard InChI is InChI=1S/C27H38ClN3O5S/c1-6-36-25-14-12-24(13-15-25)31(37(5,34)35)16-8-11-26(32)30(19-22-9-7-10-23(28)17-22)21(4)27(33)29-18-20(2)3/h7,9-10,12-15,17,20-21H,6,8,11,16,18-19H2,1-5H3,(H,29,33)/t21-/m1/s1. The lowest BCUT2D eigenvalue weighted by Gasteiger charge is -2.29. The summed E-state index contributed by atoms with van der Waals surface area (Å²) in [5.74, 6) is 0.442. The number of halogens is 1. The van der Waals surface area contributed by atoms with Crippen LogP contribution in [0.1, 0.15) is 46.1 Å². The summed E-state index contributed by atoms with van der Waals surface area (Å²) >= 11 is 6.13. The molecule has 0 heterocycles. The fourth-order valence-corrected chi connectivity index (χ4v) is 4.92. The van der Waals surface area contributed by atoms with Crippen LogP contribution in [0.3, 0.4) is 0 Å². The summed E-state index contributed by atoms with van der Waals surface area (Å²) < 4.78 is 31.7. The Morgan fingerprint density at radius 3 is 2.32 bits per heavy atom. The average Bonchev–Trinajstić information content (AvgIpc) is 2.83. The van der Waals surface area contributed by atoms with Gasteiger partial charge in [-0.25, -0.2) is 8.42 Å². The third-order valence-electron chi connectivity index (χ3n) is 5.68. The van der Waals surface area contributed by atoms with E-state index in [4.69, 9.17) is 16.3 Å². The largest absolute Gasteiger partial charge is 0.494 e. The molecule has 2 rings (SSSR count). The summed E-state index contributed by atoms with van der Waals surface area (Å²) in [5, 5.41) is 3.43. The molecule has 2 amide bonds. The number of hydrogen-bond donors (Lipinski definition) is 1. The van der Waals surface area contributed by atoms with Gasteiger partial charge in [0.1, 0.15) is 11.8 Å². The van der Waals surface area contributed by atoms with Crippen molar-refractivity contribution in [2.75, 3.05) is 30.3 Å². The molecule has 2 aromatic carbocycles. The van der Waals surface area contributed by atoms with Crippen molar-refractivity contribution in [2.24, 2.45) is 5.92 Å². The van der Waals surface area contributed by atoms with E-state index < -0.39 is 16.1 Å². The number of sulfonamides is 1. The Hall–Kier alpha value is -2.78. The molecule has 0 radical (unpaired) electrons. The molecule has 10 heteroatoms. The van der Waals surface area contributed by atoms with E-state index >= 15 is 0 Å². The summed E-state index contributed by atoms with van der Waals surface area (Å²) in [6, 6.07) is 13.2. The number of nitrogens with one attached hydrogen (secondary N) is 1. The minimum atomic E-state index is -3.57. The highest BCUT2D eigenvalue weighted by atomic mass is 35.5. The van der Waals surface area contributed by atoms with Crippen LogP contribution in [0.15, 0.2) is 48.5 Å². The second-order valence-corrected chi connectivity index (χ2v) is 11.7. The number of amides is 2. The maximum Gasteiger partial charge on any atom is 0.242 e. The molecule has 0 aromatic heterocycles. The van der Waals surface area contributed by atoms with Crippen molar-refractivity contribution < 1.29 is 22.7 Å². The van der Waals surface area contributed by atoms with Crippen molar-refractivity contribution in [3.05, 3.63) is 59.1 Å². The monoisotopic (exact) mass is 551 g/mol. The molecule has 37 heavy (non-hydrogen) atoms. The van der Waals surface area contributed by atoms with Gasteiger partial charge in [0, 0.05) is 31.1 Å². The van der Waals surface area contributed by atoms with E-state index in [2.05, 4.69) is 5.32 Å². The van der Waals surface area contributed by atoms with Crippen molar-refractivity contribution in [3.8, 4) is 5.75 Å². The van der Waals surface area contributed by atoms with Gasteiger partial charge in [-0.3, -0.25) is 13.9 Å². The van der Waals surface area contributed by atoms with Gasteiger partial charge in [0.2, 0.25) is 21.8 Å². The molecule has 0 aliphatic rings. The first-order chi connectivity index (χ1) is 17.4. The number of ether oxygens (including phenoxy) is 1. The maximum atomic E-state index is 13.3.